The van der Waals surface area contributed by atoms with Crippen molar-refractivity contribution in [3.63, 3.8) is 0 Å². The van der Waals surface area contributed by atoms with Crippen molar-refractivity contribution in [1.82, 2.24) is 10.2 Å². The van der Waals surface area contributed by atoms with Crippen molar-refractivity contribution in [2.75, 3.05) is 26.7 Å². The lowest BCUT2D eigenvalue weighted by molar-refractivity contribution is 0.118. The molecule has 0 heterocycles. The van der Waals surface area contributed by atoms with Crippen molar-refractivity contribution >= 4 is 0 Å². The van der Waals surface area contributed by atoms with Gasteiger partial charge in [-0.2, -0.15) is 0 Å². The van der Waals surface area contributed by atoms with E-state index in [0.29, 0.717) is 0 Å². The van der Waals surface area contributed by atoms with E-state index in [-0.39, 0.29) is 11.0 Å². The molecule has 0 aromatic heterocycles. The summed E-state index contributed by atoms with van der Waals surface area (Å²) in [6.45, 7) is 14.5. The highest BCUT2D eigenvalue weighted by molar-refractivity contribution is 5.25. The van der Waals surface area contributed by atoms with Crippen LogP contribution in [0.4, 0.5) is 0 Å². The number of benzene rings is 1. The van der Waals surface area contributed by atoms with Crippen molar-refractivity contribution in [2.24, 2.45) is 0 Å². The largest absolute Gasteiger partial charge is 0.316 e. The summed E-state index contributed by atoms with van der Waals surface area (Å²) in [6, 6.07) is 10.9. The molecule has 1 aromatic carbocycles. The smallest absolute Gasteiger partial charge is 0.0177 e. The van der Waals surface area contributed by atoms with Gasteiger partial charge in [0.1, 0.15) is 0 Å². The molecule has 0 amide bonds. The van der Waals surface area contributed by atoms with Crippen LogP contribution in [-0.2, 0) is 5.41 Å². The third kappa shape index (κ3) is 4.32. The van der Waals surface area contributed by atoms with Crippen LogP contribution in [0.1, 0.15) is 46.6 Å². The Balaban J connectivity index is 2.95. The lowest BCUT2D eigenvalue weighted by Crippen LogP contribution is -2.50. The minimum Gasteiger partial charge on any atom is -0.316 e. The average molecular weight is 276 g/mol. The van der Waals surface area contributed by atoms with Crippen molar-refractivity contribution in [3.8, 4) is 0 Å². The van der Waals surface area contributed by atoms with E-state index in [1.54, 1.807) is 0 Å². The Morgan fingerprint density at radius 3 is 2.15 bits per heavy atom. The first kappa shape index (κ1) is 17.2. The zero-order valence-corrected chi connectivity index (χ0v) is 14.2. The van der Waals surface area contributed by atoms with Gasteiger partial charge in [-0.1, -0.05) is 51.1 Å². The van der Waals surface area contributed by atoms with Gasteiger partial charge < -0.3 is 10.2 Å². The number of hydrogen-bond donors (Lipinski definition) is 1. The van der Waals surface area contributed by atoms with E-state index in [0.717, 1.165) is 26.1 Å². The number of nitrogens with one attached hydrogen (secondary N) is 1. The quantitative estimate of drug-likeness (QED) is 0.779. The summed E-state index contributed by atoms with van der Waals surface area (Å²) in [5.74, 6) is 0. The maximum atomic E-state index is 3.54. The zero-order valence-electron chi connectivity index (χ0n) is 14.2. The number of nitrogens with zero attached hydrogens (tertiary/aromatic N) is 1. The zero-order chi connectivity index (χ0) is 15.2. The molecule has 0 saturated carbocycles. The van der Waals surface area contributed by atoms with Crippen LogP contribution in [-0.4, -0.2) is 37.1 Å². The van der Waals surface area contributed by atoms with E-state index in [4.69, 9.17) is 0 Å². The van der Waals surface area contributed by atoms with Crippen molar-refractivity contribution < 1.29 is 0 Å². The highest BCUT2D eigenvalue weighted by Gasteiger charge is 2.32. The van der Waals surface area contributed by atoms with Crippen molar-refractivity contribution in [2.45, 2.75) is 52.0 Å². The summed E-state index contributed by atoms with van der Waals surface area (Å²) in [4.78, 5) is 2.50. The SMILES string of the molecule is CCNCC(C)(CN(C)C(C)(C)CC)c1ccccc1. The predicted octanol–water partition coefficient (Wildman–Crippen LogP) is 3.67. The topological polar surface area (TPSA) is 15.3 Å². The molecule has 0 radical (unpaired) electrons. The minimum atomic E-state index is 0.137. The Morgan fingerprint density at radius 1 is 1.05 bits per heavy atom. The normalized spacial score (nSPS) is 15.3. The van der Waals surface area contributed by atoms with E-state index in [9.17, 15) is 0 Å². The van der Waals surface area contributed by atoms with Crippen LogP contribution < -0.4 is 5.32 Å². The fourth-order valence-electron chi connectivity index (χ4n) is 2.50. The van der Waals surface area contributed by atoms with Crippen LogP contribution >= 0.6 is 0 Å². The molecule has 1 aromatic rings. The Labute approximate surface area is 125 Å². The molecule has 1 rings (SSSR count). The first-order chi connectivity index (χ1) is 9.35. The van der Waals surface area contributed by atoms with Gasteiger partial charge in [-0.25, -0.2) is 0 Å². The molecule has 20 heavy (non-hydrogen) atoms. The lowest BCUT2D eigenvalue weighted by atomic mass is 9.80. The van der Waals surface area contributed by atoms with Crippen LogP contribution in [0.25, 0.3) is 0 Å². The van der Waals surface area contributed by atoms with E-state index >= 15 is 0 Å². The summed E-state index contributed by atoms with van der Waals surface area (Å²) in [7, 11) is 2.25. The van der Waals surface area contributed by atoms with Crippen LogP contribution in [0.5, 0.6) is 0 Å². The standard InChI is InChI=1S/C18H32N2/c1-7-17(3,4)20(6)15-18(5,14-19-8-2)16-12-10-9-11-13-16/h9-13,19H,7-8,14-15H2,1-6H3. The van der Waals surface area contributed by atoms with Gasteiger partial charge in [-0.3, -0.25) is 0 Å². The first-order valence-corrected chi connectivity index (χ1v) is 7.83. The van der Waals surface area contributed by atoms with E-state index in [2.05, 4.69) is 82.2 Å². The second kappa shape index (κ2) is 7.24. The van der Waals surface area contributed by atoms with Gasteiger partial charge in [-0.15, -0.1) is 0 Å². The van der Waals surface area contributed by atoms with Crippen LogP contribution in [0.15, 0.2) is 30.3 Å². The molecule has 2 heteroatoms. The Bertz CT molecular complexity index is 386. The summed E-state index contributed by atoms with van der Waals surface area (Å²) in [5.41, 5.74) is 1.79. The average Bonchev–Trinajstić information content (AvgIpc) is 2.46. The maximum Gasteiger partial charge on any atom is 0.0177 e. The molecule has 2 nitrogen and oxygen atoms in total. The summed E-state index contributed by atoms with van der Waals surface area (Å²) >= 11 is 0. The molecule has 0 fully saturated rings. The van der Waals surface area contributed by atoms with Crippen LogP contribution in [0.2, 0.25) is 0 Å². The molecular formula is C18H32N2. The molecule has 0 aliphatic carbocycles. The first-order valence-electron chi connectivity index (χ1n) is 7.83. The molecule has 0 spiro atoms. The van der Waals surface area contributed by atoms with Crippen molar-refractivity contribution in [1.29, 1.82) is 0 Å². The van der Waals surface area contributed by atoms with E-state index < -0.39 is 0 Å². The predicted molar refractivity (Wildman–Crippen MR) is 89.3 cm³/mol. The second-order valence-corrected chi connectivity index (χ2v) is 6.73. The summed E-state index contributed by atoms with van der Waals surface area (Å²) < 4.78 is 0. The molecule has 0 bridgehead atoms. The highest BCUT2D eigenvalue weighted by Crippen LogP contribution is 2.27. The van der Waals surface area contributed by atoms with Crippen LogP contribution in [0.3, 0.4) is 0 Å². The third-order valence-corrected chi connectivity index (χ3v) is 4.72. The monoisotopic (exact) mass is 276 g/mol. The van der Waals surface area contributed by atoms with Gasteiger partial charge in [-0.05, 0) is 39.4 Å². The lowest BCUT2D eigenvalue weighted by Gasteiger charge is -2.42. The fourth-order valence-corrected chi connectivity index (χ4v) is 2.50. The Hall–Kier alpha value is -0.860. The summed E-state index contributed by atoms with van der Waals surface area (Å²) in [5, 5.41) is 3.54. The summed E-state index contributed by atoms with van der Waals surface area (Å²) in [6.07, 6.45) is 1.16. The van der Waals surface area contributed by atoms with Gasteiger partial charge in [0.2, 0.25) is 0 Å². The number of hydrogen-bond acceptors (Lipinski definition) is 2. The Kier molecular flexibility index (Phi) is 6.22. The second-order valence-electron chi connectivity index (χ2n) is 6.73. The third-order valence-electron chi connectivity index (χ3n) is 4.72. The van der Waals surface area contributed by atoms with Gasteiger partial charge in [0.15, 0.2) is 0 Å². The minimum absolute atomic E-state index is 0.137. The molecular weight excluding hydrogens is 244 g/mol. The number of likely N-dealkylation sites (N-methyl/N-ethyl adjacent to an activating group) is 2. The van der Waals surface area contributed by atoms with E-state index in [1.165, 1.54) is 5.56 Å². The Morgan fingerprint density at radius 2 is 1.65 bits per heavy atom. The van der Waals surface area contributed by atoms with Gasteiger partial charge in [0, 0.05) is 24.0 Å². The van der Waals surface area contributed by atoms with E-state index in [1.807, 2.05) is 0 Å². The molecule has 0 aliphatic rings. The van der Waals surface area contributed by atoms with Gasteiger partial charge in [0.25, 0.3) is 0 Å². The highest BCUT2D eigenvalue weighted by atomic mass is 15.2. The maximum absolute atomic E-state index is 3.54. The molecule has 1 N–H and O–H groups in total. The fraction of sp³-hybridized carbons (Fsp3) is 0.667. The van der Waals surface area contributed by atoms with Crippen LogP contribution in [0, 0.1) is 0 Å². The molecule has 1 atom stereocenters. The molecule has 114 valence electrons. The molecule has 0 aliphatic heterocycles. The number of rotatable bonds is 8. The van der Waals surface area contributed by atoms with Gasteiger partial charge >= 0.3 is 0 Å². The van der Waals surface area contributed by atoms with Gasteiger partial charge in [0.05, 0.1) is 0 Å². The molecule has 1 unspecified atom stereocenters. The molecule has 0 saturated heterocycles. The van der Waals surface area contributed by atoms with Crippen molar-refractivity contribution in [3.05, 3.63) is 35.9 Å².